The summed E-state index contributed by atoms with van der Waals surface area (Å²) in [5.74, 6) is 1.65. The maximum absolute atomic E-state index is 13.3. The summed E-state index contributed by atoms with van der Waals surface area (Å²) < 4.78 is 11.2. The van der Waals surface area contributed by atoms with Crippen LogP contribution in [0, 0.1) is 5.92 Å². The zero-order chi connectivity index (χ0) is 28.6. The fraction of sp³-hybridized carbons (Fsp3) is 0.364. The molecule has 0 atom stereocenters. The predicted molar refractivity (Wildman–Crippen MR) is 161 cm³/mol. The maximum atomic E-state index is 13.3. The van der Waals surface area contributed by atoms with Crippen LogP contribution < -0.4 is 14.8 Å². The van der Waals surface area contributed by atoms with Crippen molar-refractivity contribution in [3.05, 3.63) is 77.9 Å². The van der Waals surface area contributed by atoms with Crippen molar-refractivity contribution in [2.75, 3.05) is 32.8 Å². The van der Waals surface area contributed by atoms with E-state index in [4.69, 9.17) is 9.47 Å². The number of rotatable bonds is 12. The number of aromatic amines is 1. The molecule has 0 saturated heterocycles. The summed E-state index contributed by atoms with van der Waals surface area (Å²) in [5, 5.41) is 11.6. The van der Waals surface area contributed by atoms with Crippen LogP contribution in [0.3, 0.4) is 0 Å². The molecule has 214 valence electrons. The normalized spacial score (nSPS) is 12.5. The van der Waals surface area contributed by atoms with Gasteiger partial charge in [-0.15, -0.1) is 0 Å². The Bertz CT molecular complexity index is 1480. The molecule has 5 rings (SSSR count). The topological polar surface area (TPSA) is 96.6 Å². The van der Waals surface area contributed by atoms with Gasteiger partial charge in [0.1, 0.15) is 13.2 Å². The van der Waals surface area contributed by atoms with Gasteiger partial charge in [0, 0.05) is 41.7 Å². The summed E-state index contributed by atoms with van der Waals surface area (Å²) in [5.41, 5.74) is 4.10. The van der Waals surface area contributed by atoms with Crippen molar-refractivity contribution in [3.8, 4) is 22.8 Å². The van der Waals surface area contributed by atoms with Gasteiger partial charge in [0.05, 0.1) is 11.2 Å². The van der Waals surface area contributed by atoms with Crippen LogP contribution >= 0.6 is 0 Å². The molecule has 41 heavy (non-hydrogen) atoms. The van der Waals surface area contributed by atoms with E-state index < -0.39 is 0 Å². The number of H-pyrrole nitrogens is 1. The summed E-state index contributed by atoms with van der Waals surface area (Å²) >= 11 is 0. The van der Waals surface area contributed by atoms with Gasteiger partial charge in [-0.1, -0.05) is 57.0 Å². The second-order valence-electron chi connectivity index (χ2n) is 10.9. The van der Waals surface area contributed by atoms with Gasteiger partial charge in [0.2, 0.25) is 0 Å². The Balaban J connectivity index is 1.04. The zero-order valence-corrected chi connectivity index (χ0v) is 23.8. The Labute approximate surface area is 241 Å². The number of fused-ring (bicyclic) bond motifs is 2. The maximum Gasteiger partial charge on any atom is 0.254 e. The molecule has 0 radical (unpaired) electrons. The fourth-order valence-electron chi connectivity index (χ4n) is 5.12. The first kappa shape index (κ1) is 28.2. The Morgan fingerprint density at radius 2 is 1.63 bits per heavy atom. The minimum atomic E-state index is -0.0726. The number of nitrogens with zero attached hydrogens (tertiary/aromatic N) is 2. The lowest BCUT2D eigenvalue weighted by Crippen LogP contribution is -2.35. The number of hydrogen-bond donors (Lipinski definition) is 2. The number of hydrogen-bond acceptors (Lipinski definition) is 5. The largest absolute Gasteiger partial charge is 0.486 e. The van der Waals surface area contributed by atoms with E-state index in [1.54, 1.807) is 6.07 Å². The number of carbonyl (C=O) groups excluding carboxylic acids is 2. The van der Waals surface area contributed by atoms with E-state index in [-0.39, 0.29) is 11.8 Å². The Kier molecular flexibility index (Phi) is 9.19. The van der Waals surface area contributed by atoms with Crippen molar-refractivity contribution < 1.29 is 19.1 Å². The molecule has 2 amide bonds. The minimum absolute atomic E-state index is 0.0226. The summed E-state index contributed by atoms with van der Waals surface area (Å²) in [6, 6.07) is 21.0. The first-order valence-corrected chi connectivity index (χ1v) is 14.5. The van der Waals surface area contributed by atoms with Crippen LogP contribution in [0.1, 0.15) is 60.2 Å². The minimum Gasteiger partial charge on any atom is -0.486 e. The standard InChI is InChI=1S/C33H38N4O4/c1-23(2)22-37(33(39)26-15-16-29-30(21-26)41-20-19-40-29)18-8-4-3-7-17-34-32(38)25-13-11-24(12-14-25)31-27-9-5-6-10-28(27)35-36-31/h5-6,9-16,21,23H,3-4,7-8,17-20,22H2,1-2H3,(H,34,38)(H,35,36). The van der Waals surface area contributed by atoms with Gasteiger partial charge in [-0.2, -0.15) is 5.10 Å². The number of carbonyl (C=O) groups is 2. The van der Waals surface area contributed by atoms with Gasteiger partial charge >= 0.3 is 0 Å². The van der Waals surface area contributed by atoms with Crippen LogP contribution in [-0.2, 0) is 0 Å². The zero-order valence-electron chi connectivity index (χ0n) is 23.8. The monoisotopic (exact) mass is 554 g/mol. The highest BCUT2D eigenvalue weighted by Crippen LogP contribution is 2.31. The molecule has 8 nitrogen and oxygen atoms in total. The quantitative estimate of drug-likeness (QED) is 0.207. The first-order valence-electron chi connectivity index (χ1n) is 14.5. The molecule has 0 bridgehead atoms. The van der Waals surface area contributed by atoms with Crippen LogP contribution in [0.2, 0.25) is 0 Å². The van der Waals surface area contributed by atoms with E-state index in [1.165, 1.54) is 0 Å². The molecule has 1 aliphatic rings. The molecular formula is C33H38N4O4. The summed E-state index contributed by atoms with van der Waals surface area (Å²) in [4.78, 5) is 27.8. The number of amides is 2. The van der Waals surface area contributed by atoms with Gasteiger partial charge in [-0.25, -0.2) is 0 Å². The molecule has 0 fully saturated rings. The lowest BCUT2D eigenvalue weighted by Gasteiger charge is -2.26. The number of nitrogens with one attached hydrogen (secondary N) is 2. The van der Waals surface area contributed by atoms with Crippen LogP contribution in [0.15, 0.2) is 66.7 Å². The molecule has 2 N–H and O–H groups in total. The molecule has 3 aromatic carbocycles. The molecule has 1 aliphatic heterocycles. The molecule has 2 heterocycles. The van der Waals surface area contributed by atoms with E-state index in [2.05, 4.69) is 29.4 Å². The predicted octanol–water partition coefficient (Wildman–Crippen LogP) is 6.09. The average Bonchev–Trinajstić information content (AvgIpc) is 3.43. The van der Waals surface area contributed by atoms with E-state index in [1.807, 2.05) is 65.6 Å². The van der Waals surface area contributed by atoms with Crippen LogP contribution in [0.5, 0.6) is 11.5 Å². The van der Waals surface area contributed by atoms with Crippen molar-refractivity contribution in [1.29, 1.82) is 0 Å². The molecule has 0 unspecified atom stereocenters. The van der Waals surface area contributed by atoms with Crippen LogP contribution in [0.25, 0.3) is 22.2 Å². The lowest BCUT2D eigenvalue weighted by atomic mass is 10.1. The molecule has 0 spiro atoms. The van der Waals surface area contributed by atoms with Crippen LogP contribution in [-0.4, -0.2) is 59.8 Å². The third-order valence-electron chi connectivity index (χ3n) is 7.19. The second kappa shape index (κ2) is 13.4. The Hall–Kier alpha value is -4.33. The summed E-state index contributed by atoms with van der Waals surface area (Å²) in [7, 11) is 0. The highest BCUT2D eigenvalue weighted by atomic mass is 16.6. The first-order chi connectivity index (χ1) is 20.0. The summed E-state index contributed by atoms with van der Waals surface area (Å²) in [6.45, 7) is 7.31. The van der Waals surface area contributed by atoms with Gasteiger partial charge < -0.3 is 19.7 Å². The fourth-order valence-corrected chi connectivity index (χ4v) is 5.12. The second-order valence-corrected chi connectivity index (χ2v) is 10.9. The van der Waals surface area contributed by atoms with Crippen molar-refractivity contribution in [3.63, 3.8) is 0 Å². The molecule has 4 aromatic rings. The molecule has 0 aliphatic carbocycles. The number of aromatic nitrogens is 2. The van der Waals surface area contributed by atoms with E-state index >= 15 is 0 Å². The third kappa shape index (κ3) is 7.06. The van der Waals surface area contributed by atoms with Crippen molar-refractivity contribution in [1.82, 2.24) is 20.4 Å². The van der Waals surface area contributed by atoms with E-state index in [9.17, 15) is 9.59 Å². The highest BCUT2D eigenvalue weighted by molar-refractivity contribution is 5.96. The molecule has 0 saturated carbocycles. The average molecular weight is 555 g/mol. The summed E-state index contributed by atoms with van der Waals surface area (Å²) in [6.07, 6.45) is 3.79. The lowest BCUT2D eigenvalue weighted by molar-refractivity contribution is 0.0731. The van der Waals surface area contributed by atoms with E-state index in [0.29, 0.717) is 61.4 Å². The third-order valence-corrected chi connectivity index (χ3v) is 7.19. The highest BCUT2D eigenvalue weighted by Gasteiger charge is 2.20. The van der Waals surface area contributed by atoms with Gasteiger partial charge in [0.15, 0.2) is 11.5 Å². The molecule has 1 aromatic heterocycles. The van der Waals surface area contributed by atoms with Crippen molar-refractivity contribution in [2.24, 2.45) is 5.92 Å². The number of para-hydroxylation sites is 1. The number of ether oxygens (including phenoxy) is 2. The Morgan fingerprint density at radius 3 is 2.44 bits per heavy atom. The molecular weight excluding hydrogens is 516 g/mol. The number of benzene rings is 3. The Morgan fingerprint density at radius 1 is 0.902 bits per heavy atom. The van der Waals surface area contributed by atoms with Gasteiger partial charge in [0.25, 0.3) is 11.8 Å². The number of unbranched alkanes of at least 4 members (excludes halogenated alkanes) is 3. The smallest absolute Gasteiger partial charge is 0.254 e. The SMILES string of the molecule is CC(C)CN(CCCCCCNC(=O)c1ccc(-c2n[nH]c3ccccc23)cc1)C(=O)c1ccc2c(c1)OCCO2. The molecule has 8 heteroatoms. The van der Waals surface area contributed by atoms with Crippen molar-refractivity contribution >= 4 is 22.7 Å². The van der Waals surface area contributed by atoms with Gasteiger partial charge in [-0.05, 0) is 55.2 Å². The van der Waals surface area contributed by atoms with Gasteiger partial charge in [-0.3, -0.25) is 14.7 Å². The van der Waals surface area contributed by atoms with Crippen LogP contribution in [0.4, 0.5) is 0 Å². The van der Waals surface area contributed by atoms with Crippen molar-refractivity contribution in [2.45, 2.75) is 39.5 Å². The van der Waals surface area contributed by atoms with E-state index in [0.717, 1.165) is 47.8 Å².